The van der Waals surface area contributed by atoms with Crippen LogP contribution in [-0.2, 0) is 6.54 Å². The van der Waals surface area contributed by atoms with Crippen molar-refractivity contribution >= 4 is 31.9 Å². The summed E-state index contributed by atoms with van der Waals surface area (Å²) in [5.74, 6) is 0. The van der Waals surface area contributed by atoms with Crippen molar-refractivity contribution in [1.29, 1.82) is 0 Å². The minimum Gasteiger partial charge on any atom is -0.465 e. The molecule has 5 heteroatoms. The third-order valence-electron chi connectivity index (χ3n) is 2.29. The van der Waals surface area contributed by atoms with E-state index in [1.165, 1.54) is 5.56 Å². The number of benzene rings is 1. The summed E-state index contributed by atoms with van der Waals surface area (Å²) in [6.45, 7) is 3.28. The van der Waals surface area contributed by atoms with Gasteiger partial charge in [-0.15, -0.1) is 0 Å². The van der Waals surface area contributed by atoms with Crippen LogP contribution >= 0.6 is 31.9 Å². The highest BCUT2D eigenvalue weighted by Gasteiger charge is 2.14. The fourth-order valence-corrected chi connectivity index (χ4v) is 2.26. The van der Waals surface area contributed by atoms with Crippen LogP contribution in [0.3, 0.4) is 0 Å². The Kier molecular flexibility index (Phi) is 4.23. The van der Waals surface area contributed by atoms with Crippen LogP contribution in [0.25, 0.3) is 0 Å². The second-order valence-electron chi connectivity index (χ2n) is 3.48. The van der Waals surface area contributed by atoms with Crippen molar-refractivity contribution in [2.75, 3.05) is 6.61 Å². The zero-order chi connectivity index (χ0) is 12.3. The molecule has 1 aromatic heterocycles. The number of imidazole rings is 1. The minimum atomic E-state index is 0.602. The topological polar surface area (TPSA) is 27.1 Å². The van der Waals surface area contributed by atoms with Gasteiger partial charge in [0.15, 0.2) is 0 Å². The van der Waals surface area contributed by atoms with Crippen molar-refractivity contribution in [3.05, 3.63) is 45.1 Å². The third-order valence-corrected chi connectivity index (χ3v) is 4.18. The lowest BCUT2D eigenvalue weighted by molar-refractivity contribution is 0.298. The van der Waals surface area contributed by atoms with Gasteiger partial charge in [0, 0.05) is 0 Å². The normalized spacial score (nSPS) is 10.5. The maximum Gasteiger partial charge on any atom is 0.298 e. The zero-order valence-electron chi connectivity index (χ0n) is 9.36. The molecule has 0 aliphatic heterocycles. The van der Waals surface area contributed by atoms with Crippen molar-refractivity contribution in [3.8, 4) is 6.01 Å². The molecule has 0 fully saturated rings. The Balaban J connectivity index is 2.31. The van der Waals surface area contributed by atoms with Crippen molar-refractivity contribution in [2.45, 2.75) is 13.5 Å². The Morgan fingerprint density at radius 2 is 1.94 bits per heavy atom. The summed E-state index contributed by atoms with van der Waals surface area (Å²) in [7, 11) is 0. The van der Waals surface area contributed by atoms with E-state index in [0.29, 0.717) is 12.6 Å². The molecule has 2 aromatic rings. The second kappa shape index (κ2) is 5.69. The van der Waals surface area contributed by atoms with E-state index < -0.39 is 0 Å². The van der Waals surface area contributed by atoms with Crippen LogP contribution in [0.4, 0.5) is 0 Å². The summed E-state index contributed by atoms with van der Waals surface area (Å²) < 4.78 is 9.15. The Hall–Kier alpha value is -0.810. The van der Waals surface area contributed by atoms with E-state index in [1.807, 2.05) is 29.7 Å². The highest BCUT2D eigenvalue weighted by molar-refractivity contribution is 9.13. The summed E-state index contributed by atoms with van der Waals surface area (Å²) in [6, 6.07) is 10.8. The van der Waals surface area contributed by atoms with Gasteiger partial charge in [-0.05, 0) is 44.3 Å². The van der Waals surface area contributed by atoms with Crippen LogP contribution in [0.5, 0.6) is 6.01 Å². The zero-order valence-corrected chi connectivity index (χ0v) is 12.5. The van der Waals surface area contributed by atoms with E-state index >= 15 is 0 Å². The fraction of sp³-hybridized carbons (Fsp3) is 0.250. The molecule has 0 unspecified atom stereocenters. The first-order valence-electron chi connectivity index (χ1n) is 5.30. The highest BCUT2D eigenvalue weighted by Crippen LogP contribution is 2.28. The molecular formula is C12H12Br2N2O. The van der Waals surface area contributed by atoms with Crippen molar-refractivity contribution in [2.24, 2.45) is 0 Å². The van der Waals surface area contributed by atoms with E-state index in [0.717, 1.165) is 15.8 Å². The average Bonchev–Trinajstić information content (AvgIpc) is 2.59. The first-order valence-corrected chi connectivity index (χ1v) is 6.89. The van der Waals surface area contributed by atoms with Gasteiger partial charge in [0.05, 0.1) is 13.2 Å². The molecule has 2 rings (SSSR count). The van der Waals surface area contributed by atoms with E-state index in [2.05, 4.69) is 49.0 Å². The molecule has 0 saturated carbocycles. The molecule has 3 nitrogen and oxygen atoms in total. The summed E-state index contributed by atoms with van der Waals surface area (Å²) >= 11 is 6.89. The van der Waals surface area contributed by atoms with E-state index in [1.54, 1.807) is 0 Å². The number of rotatable bonds is 4. The van der Waals surface area contributed by atoms with Crippen LogP contribution in [-0.4, -0.2) is 16.2 Å². The summed E-state index contributed by atoms with van der Waals surface area (Å²) in [4.78, 5) is 4.31. The Bertz CT molecular complexity index is 497. The molecule has 0 spiro atoms. The maximum absolute atomic E-state index is 5.50. The van der Waals surface area contributed by atoms with Gasteiger partial charge < -0.3 is 4.74 Å². The number of hydrogen-bond donors (Lipinski definition) is 0. The SMILES string of the molecule is CCOc1nc(Br)c(Br)n1Cc1ccccc1. The van der Waals surface area contributed by atoms with Gasteiger partial charge in [0.2, 0.25) is 0 Å². The second-order valence-corrected chi connectivity index (χ2v) is 4.98. The van der Waals surface area contributed by atoms with Crippen LogP contribution < -0.4 is 4.74 Å². The first kappa shape index (κ1) is 12.6. The van der Waals surface area contributed by atoms with Gasteiger partial charge in [0.1, 0.15) is 9.21 Å². The molecule has 1 heterocycles. The molecule has 0 aliphatic carbocycles. The molecule has 0 amide bonds. The summed E-state index contributed by atoms with van der Waals surface area (Å²) in [5.41, 5.74) is 1.21. The molecule has 0 bridgehead atoms. The number of halogens is 2. The predicted molar refractivity (Wildman–Crippen MR) is 74.3 cm³/mol. The molecule has 0 aliphatic rings. The number of hydrogen-bond acceptors (Lipinski definition) is 2. The molecule has 0 saturated heterocycles. The molecule has 0 radical (unpaired) electrons. The third kappa shape index (κ3) is 2.90. The van der Waals surface area contributed by atoms with Crippen LogP contribution in [0.1, 0.15) is 12.5 Å². The quantitative estimate of drug-likeness (QED) is 0.828. The monoisotopic (exact) mass is 358 g/mol. The number of ether oxygens (including phenoxy) is 1. The molecule has 17 heavy (non-hydrogen) atoms. The van der Waals surface area contributed by atoms with E-state index in [-0.39, 0.29) is 0 Å². The lowest BCUT2D eigenvalue weighted by atomic mass is 10.2. The Morgan fingerprint density at radius 1 is 1.24 bits per heavy atom. The van der Waals surface area contributed by atoms with E-state index in [9.17, 15) is 0 Å². The van der Waals surface area contributed by atoms with Crippen molar-refractivity contribution in [1.82, 2.24) is 9.55 Å². The van der Waals surface area contributed by atoms with E-state index in [4.69, 9.17) is 4.74 Å². The Labute approximate surface area is 117 Å². The van der Waals surface area contributed by atoms with Crippen LogP contribution in [0.2, 0.25) is 0 Å². The van der Waals surface area contributed by atoms with Gasteiger partial charge >= 0.3 is 0 Å². The molecular weight excluding hydrogens is 348 g/mol. The smallest absolute Gasteiger partial charge is 0.298 e. The molecule has 1 aromatic carbocycles. The lowest BCUT2D eigenvalue weighted by Gasteiger charge is -2.08. The first-order chi connectivity index (χ1) is 8.22. The van der Waals surface area contributed by atoms with Gasteiger partial charge in [-0.2, -0.15) is 4.98 Å². The van der Waals surface area contributed by atoms with Crippen molar-refractivity contribution < 1.29 is 4.74 Å². The standard InChI is InChI=1S/C12H12Br2N2O/c1-2-17-12-15-10(13)11(14)16(12)8-9-6-4-3-5-7-9/h3-7H,2,8H2,1H3. The fourth-order valence-electron chi connectivity index (χ4n) is 1.53. The summed E-state index contributed by atoms with van der Waals surface area (Å²) in [5, 5.41) is 0. The Morgan fingerprint density at radius 3 is 2.59 bits per heavy atom. The molecule has 90 valence electrons. The number of nitrogens with zero attached hydrogens (tertiary/aromatic N) is 2. The highest BCUT2D eigenvalue weighted by atomic mass is 79.9. The van der Waals surface area contributed by atoms with Gasteiger partial charge in [-0.25, -0.2) is 0 Å². The molecule has 0 N–H and O–H groups in total. The predicted octanol–water partition coefficient (Wildman–Crippen LogP) is 3.86. The van der Waals surface area contributed by atoms with Gasteiger partial charge in [-0.1, -0.05) is 30.3 Å². The van der Waals surface area contributed by atoms with Gasteiger partial charge in [-0.3, -0.25) is 4.57 Å². The van der Waals surface area contributed by atoms with Crippen molar-refractivity contribution in [3.63, 3.8) is 0 Å². The minimum absolute atomic E-state index is 0.602. The number of aromatic nitrogens is 2. The average molecular weight is 360 g/mol. The van der Waals surface area contributed by atoms with Crippen LogP contribution in [0, 0.1) is 0 Å². The van der Waals surface area contributed by atoms with Gasteiger partial charge in [0.25, 0.3) is 6.01 Å². The lowest BCUT2D eigenvalue weighted by Crippen LogP contribution is -2.05. The summed E-state index contributed by atoms with van der Waals surface area (Å²) in [6.07, 6.45) is 0. The van der Waals surface area contributed by atoms with Crippen LogP contribution in [0.15, 0.2) is 39.5 Å². The largest absolute Gasteiger partial charge is 0.465 e. The molecule has 0 atom stereocenters. The maximum atomic E-state index is 5.50.